The summed E-state index contributed by atoms with van der Waals surface area (Å²) in [4.78, 5) is 19.9. The Morgan fingerprint density at radius 3 is 1.38 bits per heavy atom. The largest absolute Gasteiger partial charge is 0.463 e. The minimum atomic E-state index is -1.06. The van der Waals surface area contributed by atoms with E-state index in [9.17, 15) is 9.59 Å². The van der Waals surface area contributed by atoms with E-state index in [0.717, 1.165) is 9.36 Å². The predicted octanol–water partition coefficient (Wildman–Crippen LogP) is 0.818. The van der Waals surface area contributed by atoms with Crippen molar-refractivity contribution in [3.63, 3.8) is 0 Å². The molecule has 2 heterocycles. The highest BCUT2D eigenvalue weighted by Gasteiger charge is 1.95. The van der Waals surface area contributed by atoms with Gasteiger partial charge in [0.05, 0.1) is 0 Å². The first-order valence-corrected chi connectivity index (χ1v) is 4.07. The monoisotopic (exact) mass is 224 g/mol. The second kappa shape index (κ2) is 5.29. The lowest BCUT2D eigenvalue weighted by Gasteiger charge is -1.85. The molecule has 0 aliphatic rings. The minimum absolute atomic E-state index is 0.833. The molecule has 0 saturated carbocycles. The summed E-state index contributed by atoms with van der Waals surface area (Å²) in [6.07, 6.45) is 3.43. The summed E-state index contributed by atoms with van der Waals surface area (Å²) in [5.74, 6) is 0. The number of hydrogen-bond donors (Lipinski definition) is 2. The van der Waals surface area contributed by atoms with Crippen LogP contribution in [0.1, 0.15) is 0 Å². The fourth-order valence-corrected chi connectivity index (χ4v) is 0.764. The van der Waals surface area contributed by atoms with Crippen LogP contribution < -0.4 is 0 Å². The van der Waals surface area contributed by atoms with Crippen LogP contribution in [0.25, 0.3) is 0 Å². The molecular weight excluding hydrogens is 216 g/mol. The molecule has 0 aliphatic carbocycles. The zero-order valence-corrected chi connectivity index (χ0v) is 7.96. The molecule has 0 spiro atoms. The highest BCUT2D eigenvalue weighted by atomic mass is 16.4. The highest BCUT2D eigenvalue weighted by Crippen LogP contribution is 1.81. The Labute approximate surface area is 89.4 Å². The van der Waals surface area contributed by atoms with Crippen LogP contribution in [0.2, 0.25) is 0 Å². The Morgan fingerprint density at radius 1 is 0.875 bits per heavy atom. The molecule has 0 aliphatic heterocycles. The lowest BCUT2D eigenvalue weighted by molar-refractivity contribution is 0.191. The van der Waals surface area contributed by atoms with Crippen molar-refractivity contribution in [1.29, 1.82) is 0 Å². The van der Waals surface area contributed by atoms with Crippen molar-refractivity contribution in [2.75, 3.05) is 0 Å². The summed E-state index contributed by atoms with van der Waals surface area (Å²) < 4.78 is 1.67. The zero-order chi connectivity index (χ0) is 12.0. The van der Waals surface area contributed by atoms with Crippen LogP contribution in [0, 0.1) is 0 Å². The van der Waals surface area contributed by atoms with E-state index in [1.807, 2.05) is 0 Å². The molecule has 2 rings (SSSR count). The third-order valence-corrected chi connectivity index (χ3v) is 1.40. The molecule has 0 radical (unpaired) electrons. The molecule has 0 unspecified atom stereocenters. The van der Waals surface area contributed by atoms with Gasteiger partial charge >= 0.3 is 12.2 Å². The molecule has 0 bridgehead atoms. The average molecular weight is 224 g/mol. The first kappa shape index (κ1) is 11.4. The number of carbonyl (C=O) groups is 2. The highest BCUT2D eigenvalue weighted by molar-refractivity contribution is 5.66. The SMILES string of the molecule is O=C(O)n1cccn1.O=C(O)n1cccn1. The van der Waals surface area contributed by atoms with E-state index in [2.05, 4.69) is 10.2 Å². The van der Waals surface area contributed by atoms with Gasteiger partial charge in [0.2, 0.25) is 0 Å². The summed E-state index contributed by atoms with van der Waals surface area (Å²) in [6.45, 7) is 0. The maximum absolute atomic E-state index is 9.96. The molecule has 8 heteroatoms. The Kier molecular flexibility index (Phi) is 3.78. The summed E-state index contributed by atoms with van der Waals surface area (Å²) in [6, 6.07) is 3.10. The van der Waals surface area contributed by atoms with Crippen molar-refractivity contribution >= 4 is 12.2 Å². The van der Waals surface area contributed by atoms with Crippen molar-refractivity contribution < 1.29 is 19.8 Å². The van der Waals surface area contributed by atoms with Crippen LogP contribution >= 0.6 is 0 Å². The van der Waals surface area contributed by atoms with Gasteiger partial charge in [-0.15, -0.1) is 0 Å². The predicted molar refractivity (Wildman–Crippen MR) is 51.3 cm³/mol. The topological polar surface area (TPSA) is 110 Å². The smallest absolute Gasteiger partial charge is 0.432 e. The van der Waals surface area contributed by atoms with Gasteiger partial charge in [-0.2, -0.15) is 19.6 Å². The minimum Gasteiger partial charge on any atom is -0.463 e. The lowest BCUT2D eigenvalue weighted by atomic mass is 10.8. The maximum Gasteiger partial charge on any atom is 0.432 e. The van der Waals surface area contributed by atoms with Crippen molar-refractivity contribution in [1.82, 2.24) is 19.6 Å². The quantitative estimate of drug-likeness (QED) is 0.685. The van der Waals surface area contributed by atoms with Crippen LogP contribution in [-0.2, 0) is 0 Å². The van der Waals surface area contributed by atoms with Crippen molar-refractivity contribution in [2.45, 2.75) is 0 Å². The molecule has 84 valence electrons. The average Bonchev–Trinajstić information content (AvgIpc) is 2.93. The number of nitrogens with zero attached hydrogens (tertiary/aromatic N) is 4. The van der Waals surface area contributed by atoms with Crippen molar-refractivity contribution in [3.8, 4) is 0 Å². The third-order valence-electron chi connectivity index (χ3n) is 1.40. The fourth-order valence-electron chi connectivity index (χ4n) is 0.764. The van der Waals surface area contributed by atoms with Gasteiger partial charge in [0, 0.05) is 24.8 Å². The summed E-state index contributed by atoms with van der Waals surface area (Å²) in [5, 5.41) is 23.2. The van der Waals surface area contributed by atoms with E-state index in [1.54, 1.807) is 12.1 Å². The standard InChI is InChI=1S/2C4H4N2O2/c2*7-4(8)6-3-1-2-5-6/h2*1-3H,(H,7,8). The zero-order valence-electron chi connectivity index (χ0n) is 7.96. The fraction of sp³-hybridized carbons (Fsp3) is 0. The van der Waals surface area contributed by atoms with E-state index in [1.165, 1.54) is 24.8 Å². The molecule has 0 fully saturated rings. The number of hydrogen-bond acceptors (Lipinski definition) is 4. The van der Waals surface area contributed by atoms with Crippen LogP contribution in [-0.4, -0.2) is 42.0 Å². The first-order valence-electron chi connectivity index (χ1n) is 4.07. The van der Waals surface area contributed by atoms with Gasteiger partial charge in [-0.05, 0) is 12.1 Å². The number of aromatic nitrogens is 4. The molecule has 8 nitrogen and oxygen atoms in total. The van der Waals surface area contributed by atoms with Gasteiger partial charge in [-0.25, -0.2) is 9.59 Å². The Bertz CT molecular complexity index is 404. The molecular formula is C8H8N4O4. The summed E-state index contributed by atoms with van der Waals surface area (Å²) >= 11 is 0. The van der Waals surface area contributed by atoms with Gasteiger partial charge in [-0.1, -0.05) is 0 Å². The van der Waals surface area contributed by atoms with Gasteiger partial charge in [-0.3, -0.25) is 0 Å². The van der Waals surface area contributed by atoms with Gasteiger partial charge in [0.15, 0.2) is 0 Å². The van der Waals surface area contributed by atoms with Crippen LogP contribution in [0.3, 0.4) is 0 Å². The first-order chi connectivity index (χ1) is 7.61. The molecule has 2 aromatic heterocycles. The van der Waals surface area contributed by atoms with Crippen LogP contribution in [0.4, 0.5) is 9.59 Å². The number of rotatable bonds is 0. The molecule has 0 amide bonds. The Hall–Kier alpha value is -2.64. The van der Waals surface area contributed by atoms with E-state index >= 15 is 0 Å². The van der Waals surface area contributed by atoms with E-state index in [0.29, 0.717) is 0 Å². The molecule has 16 heavy (non-hydrogen) atoms. The van der Waals surface area contributed by atoms with E-state index in [-0.39, 0.29) is 0 Å². The maximum atomic E-state index is 9.96. The third kappa shape index (κ3) is 3.25. The molecule has 0 saturated heterocycles. The molecule has 0 atom stereocenters. The lowest BCUT2D eigenvalue weighted by Crippen LogP contribution is -2.07. The van der Waals surface area contributed by atoms with Crippen LogP contribution in [0.5, 0.6) is 0 Å². The van der Waals surface area contributed by atoms with Crippen molar-refractivity contribution in [3.05, 3.63) is 36.9 Å². The Morgan fingerprint density at radius 2 is 1.25 bits per heavy atom. The second-order valence-corrected chi connectivity index (χ2v) is 2.47. The normalized spacial score (nSPS) is 9.00. The van der Waals surface area contributed by atoms with Gasteiger partial charge in [0.25, 0.3) is 0 Å². The van der Waals surface area contributed by atoms with Gasteiger partial charge in [0.1, 0.15) is 0 Å². The van der Waals surface area contributed by atoms with Gasteiger partial charge < -0.3 is 10.2 Å². The molecule has 2 aromatic rings. The van der Waals surface area contributed by atoms with Crippen LogP contribution in [0.15, 0.2) is 36.9 Å². The Balaban J connectivity index is 0.000000160. The summed E-state index contributed by atoms with van der Waals surface area (Å²) in [7, 11) is 0. The van der Waals surface area contributed by atoms with Crippen molar-refractivity contribution in [2.24, 2.45) is 0 Å². The van der Waals surface area contributed by atoms with E-state index in [4.69, 9.17) is 10.2 Å². The molecule has 2 N–H and O–H groups in total. The van der Waals surface area contributed by atoms with E-state index < -0.39 is 12.2 Å². The second-order valence-electron chi connectivity index (χ2n) is 2.47. The summed E-state index contributed by atoms with van der Waals surface area (Å²) in [5.41, 5.74) is 0. The molecule has 0 aromatic carbocycles. The number of carboxylic acid groups (broad SMARTS) is 2.